The Labute approximate surface area is 152 Å². The van der Waals surface area contributed by atoms with Gasteiger partial charge in [-0.3, -0.25) is 0 Å². The smallest absolute Gasteiger partial charge is 0.314 e. The predicted molar refractivity (Wildman–Crippen MR) is 96.5 cm³/mol. The van der Waals surface area contributed by atoms with Gasteiger partial charge in [-0.2, -0.15) is 0 Å². The molecule has 0 heterocycles. The van der Waals surface area contributed by atoms with Gasteiger partial charge in [0.2, 0.25) is 0 Å². The Balaban J connectivity index is 1.65. The molecule has 0 aliphatic rings. The van der Waals surface area contributed by atoms with Crippen LogP contribution in [0.1, 0.15) is 5.56 Å². The minimum Gasteiger partial charge on any atom is -0.493 e. The van der Waals surface area contributed by atoms with E-state index in [9.17, 15) is 9.18 Å². The van der Waals surface area contributed by atoms with Crippen LogP contribution >= 0.6 is 0 Å². The minimum atomic E-state index is -0.424. The summed E-state index contributed by atoms with van der Waals surface area (Å²) in [4.78, 5) is 11.7. The van der Waals surface area contributed by atoms with Crippen molar-refractivity contribution in [3.8, 4) is 17.2 Å². The zero-order valence-corrected chi connectivity index (χ0v) is 14.9. The standard InChI is InChI=1S/C19H23FN2O4/c1-24-17-8-7-14(13-18(17)25-2)9-10-21-19(23)22-11-12-26-16-6-4-3-5-15(16)20/h3-8,13H,9-12H2,1-2H3,(H2,21,22,23). The average molecular weight is 362 g/mol. The monoisotopic (exact) mass is 362 g/mol. The number of carbonyl (C=O) groups excluding carboxylic acids is 1. The molecule has 0 saturated heterocycles. The van der Waals surface area contributed by atoms with Crippen molar-refractivity contribution in [3.63, 3.8) is 0 Å². The third kappa shape index (κ3) is 5.84. The lowest BCUT2D eigenvalue weighted by molar-refractivity contribution is 0.236. The molecule has 0 atom stereocenters. The number of nitrogens with one attached hydrogen (secondary N) is 2. The number of para-hydroxylation sites is 1. The Morgan fingerprint density at radius 3 is 2.42 bits per heavy atom. The first-order chi connectivity index (χ1) is 12.6. The Kier molecular flexibility index (Phi) is 7.54. The van der Waals surface area contributed by atoms with Crippen LogP contribution in [0.25, 0.3) is 0 Å². The lowest BCUT2D eigenvalue weighted by atomic mass is 10.1. The molecule has 140 valence electrons. The third-order valence-corrected chi connectivity index (χ3v) is 3.63. The van der Waals surface area contributed by atoms with Gasteiger partial charge < -0.3 is 24.8 Å². The first-order valence-corrected chi connectivity index (χ1v) is 8.24. The molecule has 0 radical (unpaired) electrons. The number of benzene rings is 2. The van der Waals surface area contributed by atoms with E-state index in [1.54, 1.807) is 32.4 Å². The van der Waals surface area contributed by atoms with Gasteiger partial charge in [-0.25, -0.2) is 9.18 Å². The highest BCUT2D eigenvalue weighted by atomic mass is 19.1. The van der Waals surface area contributed by atoms with Gasteiger partial charge in [0, 0.05) is 6.54 Å². The number of hydrogen-bond donors (Lipinski definition) is 2. The van der Waals surface area contributed by atoms with E-state index in [0.29, 0.717) is 24.5 Å². The number of methoxy groups -OCH3 is 2. The topological polar surface area (TPSA) is 68.8 Å². The number of carbonyl (C=O) groups is 1. The lowest BCUT2D eigenvalue weighted by Gasteiger charge is -2.11. The van der Waals surface area contributed by atoms with Crippen LogP contribution in [-0.2, 0) is 6.42 Å². The molecule has 6 nitrogen and oxygen atoms in total. The number of halogens is 1. The normalized spacial score (nSPS) is 10.1. The summed E-state index contributed by atoms with van der Waals surface area (Å²) < 4.78 is 29.1. The van der Waals surface area contributed by atoms with E-state index in [4.69, 9.17) is 14.2 Å². The van der Waals surface area contributed by atoms with Gasteiger partial charge in [-0.05, 0) is 36.2 Å². The van der Waals surface area contributed by atoms with Crippen molar-refractivity contribution in [2.75, 3.05) is 33.9 Å². The lowest BCUT2D eigenvalue weighted by Crippen LogP contribution is -2.38. The molecule has 0 aromatic heterocycles. The molecule has 26 heavy (non-hydrogen) atoms. The summed E-state index contributed by atoms with van der Waals surface area (Å²) in [6, 6.07) is 11.5. The molecule has 0 spiro atoms. The molecular formula is C19H23FN2O4. The average Bonchev–Trinajstić information content (AvgIpc) is 2.66. The summed E-state index contributed by atoms with van der Waals surface area (Å²) in [5, 5.41) is 5.41. The second kappa shape index (κ2) is 10.1. The van der Waals surface area contributed by atoms with Gasteiger partial charge in [0.1, 0.15) is 6.61 Å². The maximum Gasteiger partial charge on any atom is 0.314 e. The van der Waals surface area contributed by atoms with E-state index in [0.717, 1.165) is 5.56 Å². The van der Waals surface area contributed by atoms with Gasteiger partial charge >= 0.3 is 6.03 Å². The molecule has 0 aliphatic heterocycles. The fraction of sp³-hybridized carbons (Fsp3) is 0.316. The van der Waals surface area contributed by atoms with Gasteiger partial charge in [-0.1, -0.05) is 18.2 Å². The van der Waals surface area contributed by atoms with Crippen LogP contribution in [0.15, 0.2) is 42.5 Å². The van der Waals surface area contributed by atoms with Crippen molar-refractivity contribution in [2.45, 2.75) is 6.42 Å². The maximum absolute atomic E-state index is 13.4. The van der Waals surface area contributed by atoms with E-state index in [1.807, 2.05) is 18.2 Å². The molecule has 0 unspecified atom stereocenters. The largest absolute Gasteiger partial charge is 0.493 e. The summed E-state index contributed by atoms with van der Waals surface area (Å²) in [6.07, 6.45) is 0.652. The zero-order valence-electron chi connectivity index (χ0n) is 14.9. The summed E-state index contributed by atoms with van der Waals surface area (Å²) in [6.45, 7) is 0.927. The Hall–Kier alpha value is -2.96. The van der Waals surface area contributed by atoms with Crippen LogP contribution in [0, 0.1) is 5.82 Å². The molecule has 2 rings (SSSR count). The molecule has 2 aromatic carbocycles. The Morgan fingerprint density at radius 1 is 0.962 bits per heavy atom. The van der Waals surface area contributed by atoms with E-state index >= 15 is 0 Å². The quantitative estimate of drug-likeness (QED) is 0.673. The van der Waals surface area contributed by atoms with Gasteiger partial charge in [0.15, 0.2) is 23.1 Å². The fourth-order valence-corrected chi connectivity index (χ4v) is 2.31. The van der Waals surface area contributed by atoms with Crippen molar-refractivity contribution < 1.29 is 23.4 Å². The molecule has 2 aromatic rings. The molecular weight excluding hydrogens is 339 g/mol. The van der Waals surface area contributed by atoms with Crippen LogP contribution in [0.3, 0.4) is 0 Å². The highest BCUT2D eigenvalue weighted by Crippen LogP contribution is 2.27. The molecule has 2 amide bonds. The molecule has 0 fully saturated rings. The Bertz CT molecular complexity index is 724. The van der Waals surface area contributed by atoms with Crippen LogP contribution in [0.5, 0.6) is 17.2 Å². The summed E-state index contributed by atoms with van der Waals surface area (Å²) >= 11 is 0. The fourth-order valence-electron chi connectivity index (χ4n) is 2.31. The molecule has 0 bridgehead atoms. The molecule has 7 heteroatoms. The number of hydrogen-bond acceptors (Lipinski definition) is 4. The summed E-state index contributed by atoms with van der Waals surface area (Å²) in [5.41, 5.74) is 1.02. The third-order valence-electron chi connectivity index (χ3n) is 3.63. The number of urea groups is 1. The van der Waals surface area contributed by atoms with Crippen molar-refractivity contribution in [1.82, 2.24) is 10.6 Å². The van der Waals surface area contributed by atoms with E-state index in [2.05, 4.69) is 10.6 Å². The first kappa shape index (κ1) is 19.4. The number of ether oxygens (including phenoxy) is 3. The SMILES string of the molecule is COc1ccc(CCNC(=O)NCCOc2ccccc2F)cc1OC. The van der Waals surface area contributed by atoms with E-state index in [1.165, 1.54) is 6.07 Å². The first-order valence-electron chi connectivity index (χ1n) is 8.24. The number of rotatable bonds is 9. The molecule has 0 saturated carbocycles. The maximum atomic E-state index is 13.4. The van der Waals surface area contributed by atoms with Crippen LogP contribution in [0.4, 0.5) is 9.18 Å². The van der Waals surface area contributed by atoms with Crippen LogP contribution < -0.4 is 24.8 Å². The van der Waals surface area contributed by atoms with Crippen molar-refractivity contribution in [3.05, 3.63) is 53.8 Å². The second-order valence-corrected chi connectivity index (χ2v) is 5.40. The highest BCUT2D eigenvalue weighted by molar-refractivity contribution is 5.73. The van der Waals surface area contributed by atoms with E-state index < -0.39 is 5.82 Å². The van der Waals surface area contributed by atoms with Crippen LogP contribution in [-0.4, -0.2) is 39.9 Å². The van der Waals surface area contributed by atoms with Crippen molar-refractivity contribution >= 4 is 6.03 Å². The van der Waals surface area contributed by atoms with Gasteiger partial charge in [0.25, 0.3) is 0 Å². The predicted octanol–water partition coefficient (Wildman–Crippen LogP) is 2.76. The molecule has 0 aliphatic carbocycles. The minimum absolute atomic E-state index is 0.170. The van der Waals surface area contributed by atoms with Gasteiger partial charge in [0.05, 0.1) is 20.8 Å². The second-order valence-electron chi connectivity index (χ2n) is 5.40. The molecule has 2 N–H and O–H groups in total. The van der Waals surface area contributed by atoms with Crippen molar-refractivity contribution in [2.24, 2.45) is 0 Å². The zero-order chi connectivity index (χ0) is 18.8. The van der Waals surface area contributed by atoms with E-state index in [-0.39, 0.29) is 24.9 Å². The van der Waals surface area contributed by atoms with Crippen molar-refractivity contribution in [1.29, 1.82) is 0 Å². The summed E-state index contributed by atoms with van der Waals surface area (Å²) in [7, 11) is 3.16. The summed E-state index contributed by atoms with van der Waals surface area (Å²) in [5.74, 6) is 1.06. The van der Waals surface area contributed by atoms with Crippen LogP contribution in [0.2, 0.25) is 0 Å². The Morgan fingerprint density at radius 2 is 1.69 bits per heavy atom. The highest BCUT2D eigenvalue weighted by Gasteiger charge is 2.06. The van der Waals surface area contributed by atoms with Gasteiger partial charge in [-0.15, -0.1) is 0 Å². The number of amides is 2.